The summed E-state index contributed by atoms with van der Waals surface area (Å²) in [5, 5.41) is 71.0. The van der Waals surface area contributed by atoms with Gasteiger partial charge in [-0.3, -0.25) is 9.59 Å². The molecule has 0 aliphatic rings. The molecule has 0 aliphatic heterocycles. The summed E-state index contributed by atoms with van der Waals surface area (Å²) in [6.07, 6.45) is -4.88. The summed E-state index contributed by atoms with van der Waals surface area (Å²) in [6, 6.07) is 12.0. The SMILES string of the molecule is O=C(O)CC(O)(CC(=O)O)C(=O)O.O=C([O-])CC(O)(CC(=O)[O-])C(=O)O.[Cl-].[Na+].[Na+].[Na+].c1ccccc1. The van der Waals surface area contributed by atoms with Crippen LogP contribution in [0.25, 0.3) is 0 Å². The van der Waals surface area contributed by atoms with E-state index < -0.39 is 72.7 Å². The number of carbonyl (C=O) groups is 6. The van der Waals surface area contributed by atoms with E-state index in [2.05, 4.69) is 0 Å². The van der Waals surface area contributed by atoms with Gasteiger partial charge in [0, 0.05) is 24.8 Å². The van der Waals surface area contributed by atoms with E-state index in [-0.39, 0.29) is 101 Å². The van der Waals surface area contributed by atoms with Gasteiger partial charge >= 0.3 is 113 Å². The first-order valence-electron chi connectivity index (χ1n) is 8.30. The number of carboxylic acid groups (broad SMARTS) is 6. The predicted octanol–water partition coefficient (Wildman–Crippen LogP) is -15.5. The molecule has 0 aromatic heterocycles. The molecule has 0 unspecified atom stereocenters. The van der Waals surface area contributed by atoms with Crippen molar-refractivity contribution in [2.24, 2.45) is 0 Å². The van der Waals surface area contributed by atoms with E-state index in [4.69, 9.17) is 30.6 Å². The number of benzene rings is 1. The second-order valence-electron chi connectivity index (χ2n) is 6.07. The fourth-order valence-electron chi connectivity index (χ4n) is 1.79. The Morgan fingerprint density at radius 2 is 0.722 bits per heavy atom. The van der Waals surface area contributed by atoms with E-state index in [1.165, 1.54) is 0 Å². The van der Waals surface area contributed by atoms with Crippen LogP contribution in [-0.4, -0.2) is 77.7 Å². The van der Waals surface area contributed by atoms with Crippen LogP contribution in [-0.2, 0) is 28.8 Å². The minimum absolute atomic E-state index is 0. The Morgan fingerprint density at radius 1 is 0.528 bits per heavy atom. The topological polar surface area (TPSA) is 270 Å². The van der Waals surface area contributed by atoms with Crippen molar-refractivity contribution < 1.29 is 171 Å². The van der Waals surface area contributed by atoms with Gasteiger partial charge in [0.05, 0.1) is 12.8 Å². The van der Waals surface area contributed by atoms with Gasteiger partial charge in [-0.2, -0.15) is 0 Å². The van der Waals surface area contributed by atoms with Crippen molar-refractivity contribution in [1.29, 1.82) is 0 Å². The molecule has 1 aromatic rings. The average molecular weight is 565 g/mol. The van der Waals surface area contributed by atoms with E-state index in [9.17, 15) is 39.0 Å². The summed E-state index contributed by atoms with van der Waals surface area (Å²) >= 11 is 0. The summed E-state index contributed by atoms with van der Waals surface area (Å²) < 4.78 is 0. The molecular weight excluding hydrogens is 545 g/mol. The van der Waals surface area contributed by atoms with Crippen molar-refractivity contribution >= 4 is 35.8 Å². The van der Waals surface area contributed by atoms with Gasteiger partial charge < -0.3 is 62.8 Å². The third-order valence-corrected chi connectivity index (χ3v) is 3.22. The zero-order valence-electron chi connectivity index (χ0n) is 19.6. The number of aliphatic hydroxyl groups is 2. The van der Waals surface area contributed by atoms with Crippen LogP contribution in [0.4, 0.5) is 0 Å². The van der Waals surface area contributed by atoms with Gasteiger partial charge in [0.15, 0.2) is 11.2 Å². The van der Waals surface area contributed by atoms with E-state index in [1.807, 2.05) is 36.4 Å². The molecule has 1 rings (SSSR count). The molecule has 0 heterocycles. The summed E-state index contributed by atoms with van der Waals surface area (Å²) in [5.74, 6) is -10.7. The molecular formula is C18H20ClNa3O14. The standard InChI is InChI=1S/2C6H8O7.C6H6.ClH.3Na/c2*7-3(8)1-6(13,5(11)12)2-4(9)10;1-2-4-6-5-3-1;;;;/h2*13H,1-2H2,(H,7,8)(H,9,10)(H,11,12);1-6H;1H;;;/q;;;;3*+1/p-3. The molecule has 14 nitrogen and oxygen atoms in total. The van der Waals surface area contributed by atoms with E-state index in [1.54, 1.807) is 0 Å². The van der Waals surface area contributed by atoms with Crippen LogP contribution in [0.5, 0.6) is 0 Å². The summed E-state index contributed by atoms with van der Waals surface area (Å²) in [6.45, 7) is 0. The molecule has 0 fully saturated rings. The Labute approximate surface area is 277 Å². The molecule has 0 radical (unpaired) electrons. The zero-order valence-corrected chi connectivity index (χ0v) is 26.4. The molecule has 0 bridgehead atoms. The summed E-state index contributed by atoms with van der Waals surface area (Å²) in [7, 11) is 0. The van der Waals surface area contributed by atoms with Gasteiger partial charge in [-0.1, -0.05) is 36.4 Å². The first-order valence-corrected chi connectivity index (χ1v) is 8.30. The second kappa shape index (κ2) is 24.6. The maximum atomic E-state index is 10.3. The first-order chi connectivity index (χ1) is 14.6. The number of rotatable bonds is 10. The monoisotopic (exact) mass is 564 g/mol. The largest absolute Gasteiger partial charge is 1.00 e. The number of carboxylic acids is 6. The van der Waals surface area contributed by atoms with Gasteiger partial charge in [-0.05, 0) is 0 Å². The van der Waals surface area contributed by atoms with Gasteiger partial charge in [0.1, 0.15) is 0 Å². The van der Waals surface area contributed by atoms with Crippen molar-refractivity contribution in [1.82, 2.24) is 0 Å². The third kappa shape index (κ3) is 24.9. The maximum absolute atomic E-state index is 10.3. The molecule has 6 N–H and O–H groups in total. The number of halogens is 1. The summed E-state index contributed by atoms with van der Waals surface area (Å²) in [5.41, 5.74) is -5.60. The number of aliphatic carboxylic acids is 6. The molecule has 18 heteroatoms. The first kappa shape index (κ1) is 48.3. The van der Waals surface area contributed by atoms with Crippen LogP contribution in [0.15, 0.2) is 36.4 Å². The molecule has 1 aromatic carbocycles. The second-order valence-corrected chi connectivity index (χ2v) is 6.07. The van der Waals surface area contributed by atoms with E-state index in [0.29, 0.717) is 0 Å². The Kier molecular flexibility index (Phi) is 33.0. The van der Waals surface area contributed by atoms with Crippen LogP contribution in [0.2, 0.25) is 0 Å². The smallest absolute Gasteiger partial charge is 1.00 e. The van der Waals surface area contributed by atoms with Crippen LogP contribution in [0.1, 0.15) is 25.7 Å². The van der Waals surface area contributed by atoms with Crippen molar-refractivity contribution in [2.45, 2.75) is 36.9 Å². The summed E-state index contributed by atoms with van der Waals surface area (Å²) in [4.78, 5) is 60.7. The maximum Gasteiger partial charge on any atom is 1.00 e. The average Bonchev–Trinajstić information content (AvgIpc) is 2.61. The third-order valence-electron chi connectivity index (χ3n) is 3.22. The molecule has 0 spiro atoms. The van der Waals surface area contributed by atoms with Crippen molar-refractivity contribution in [3.8, 4) is 0 Å². The van der Waals surface area contributed by atoms with E-state index in [0.717, 1.165) is 0 Å². The number of carbonyl (C=O) groups excluding carboxylic acids is 2. The Bertz CT molecular complexity index is 712. The Hall–Kier alpha value is -0.750. The molecule has 0 atom stereocenters. The molecule has 0 aliphatic carbocycles. The molecule has 0 amide bonds. The number of hydrogen-bond acceptors (Lipinski definition) is 10. The van der Waals surface area contributed by atoms with Crippen molar-refractivity contribution in [3.05, 3.63) is 36.4 Å². The molecule has 0 saturated carbocycles. The molecule has 186 valence electrons. The molecule has 36 heavy (non-hydrogen) atoms. The van der Waals surface area contributed by atoms with Crippen LogP contribution < -0.4 is 111 Å². The minimum Gasteiger partial charge on any atom is -1.00 e. The van der Waals surface area contributed by atoms with Gasteiger partial charge in [0.2, 0.25) is 0 Å². The van der Waals surface area contributed by atoms with Gasteiger partial charge in [0.25, 0.3) is 0 Å². The Balaban J connectivity index is -0.0000000933. The molecule has 0 saturated heterocycles. The van der Waals surface area contributed by atoms with Crippen molar-refractivity contribution in [2.75, 3.05) is 0 Å². The fraction of sp³-hybridized carbons (Fsp3) is 0.333. The normalized spacial score (nSPS) is 9.17. The van der Waals surface area contributed by atoms with Crippen LogP contribution in [0.3, 0.4) is 0 Å². The van der Waals surface area contributed by atoms with Gasteiger partial charge in [-0.15, -0.1) is 0 Å². The predicted molar refractivity (Wildman–Crippen MR) is 95.4 cm³/mol. The van der Waals surface area contributed by atoms with E-state index >= 15 is 0 Å². The quantitative estimate of drug-likeness (QED) is 0.144. The van der Waals surface area contributed by atoms with Crippen LogP contribution >= 0.6 is 0 Å². The Morgan fingerprint density at radius 3 is 0.861 bits per heavy atom. The van der Waals surface area contributed by atoms with Crippen LogP contribution in [0, 0.1) is 0 Å². The fourth-order valence-corrected chi connectivity index (χ4v) is 1.79. The van der Waals surface area contributed by atoms with Gasteiger partial charge in [-0.25, -0.2) is 9.59 Å². The van der Waals surface area contributed by atoms with Crippen molar-refractivity contribution in [3.63, 3.8) is 0 Å². The zero-order chi connectivity index (χ0) is 25.5. The number of hydrogen-bond donors (Lipinski definition) is 6. The minimum atomic E-state index is -2.86.